The van der Waals surface area contributed by atoms with Crippen LogP contribution in [-0.2, 0) is 4.79 Å². The second-order valence-corrected chi connectivity index (χ2v) is 6.25. The number of hydrogen-bond acceptors (Lipinski definition) is 3. The molecule has 1 aliphatic heterocycles. The maximum Gasteiger partial charge on any atom is 0.236 e. The van der Waals surface area contributed by atoms with Gasteiger partial charge in [-0.05, 0) is 26.3 Å². The van der Waals surface area contributed by atoms with Crippen LogP contribution in [0, 0.1) is 0 Å². The van der Waals surface area contributed by atoms with Gasteiger partial charge in [0.05, 0.1) is 12.6 Å². The van der Waals surface area contributed by atoms with Gasteiger partial charge in [-0.25, -0.2) is 0 Å². The molecule has 0 aromatic heterocycles. The summed E-state index contributed by atoms with van der Waals surface area (Å²) in [7, 11) is 1.90. The molecular formula is C17H27N3O. The molecule has 21 heavy (non-hydrogen) atoms. The van der Waals surface area contributed by atoms with Crippen molar-refractivity contribution in [3.63, 3.8) is 0 Å². The summed E-state index contributed by atoms with van der Waals surface area (Å²) in [6.45, 7) is 8.79. The minimum Gasteiger partial charge on any atom is -0.338 e. The summed E-state index contributed by atoms with van der Waals surface area (Å²) in [6.07, 6.45) is 0. The Labute approximate surface area is 128 Å². The normalized spacial score (nSPS) is 24.6. The van der Waals surface area contributed by atoms with Crippen molar-refractivity contribution in [2.24, 2.45) is 0 Å². The second kappa shape index (κ2) is 7.05. The Bertz CT molecular complexity index is 452. The van der Waals surface area contributed by atoms with Crippen molar-refractivity contribution >= 4 is 5.91 Å². The molecule has 0 bridgehead atoms. The predicted molar refractivity (Wildman–Crippen MR) is 86.1 cm³/mol. The fourth-order valence-corrected chi connectivity index (χ4v) is 3.04. The zero-order chi connectivity index (χ0) is 15.4. The third kappa shape index (κ3) is 4.29. The van der Waals surface area contributed by atoms with Gasteiger partial charge in [0, 0.05) is 32.2 Å². The van der Waals surface area contributed by atoms with Crippen molar-refractivity contribution in [1.29, 1.82) is 0 Å². The molecule has 0 spiro atoms. The number of piperazine rings is 1. The highest BCUT2D eigenvalue weighted by atomic mass is 16.2. The van der Waals surface area contributed by atoms with E-state index < -0.39 is 0 Å². The average molecular weight is 289 g/mol. The quantitative estimate of drug-likeness (QED) is 0.919. The predicted octanol–water partition coefficient (Wildman–Crippen LogP) is 1.89. The van der Waals surface area contributed by atoms with Gasteiger partial charge >= 0.3 is 0 Å². The van der Waals surface area contributed by atoms with E-state index in [4.69, 9.17) is 0 Å². The van der Waals surface area contributed by atoms with Gasteiger partial charge < -0.3 is 10.2 Å². The highest BCUT2D eigenvalue weighted by Crippen LogP contribution is 2.18. The van der Waals surface area contributed by atoms with Crippen LogP contribution in [0.2, 0.25) is 0 Å². The van der Waals surface area contributed by atoms with Crippen LogP contribution in [0.15, 0.2) is 30.3 Å². The highest BCUT2D eigenvalue weighted by Gasteiger charge is 2.25. The van der Waals surface area contributed by atoms with Crippen LogP contribution >= 0.6 is 0 Å². The van der Waals surface area contributed by atoms with Gasteiger partial charge in [-0.1, -0.05) is 30.3 Å². The molecule has 3 atom stereocenters. The number of rotatable bonds is 4. The lowest BCUT2D eigenvalue weighted by Crippen LogP contribution is -2.56. The van der Waals surface area contributed by atoms with Crippen LogP contribution < -0.4 is 5.32 Å². The summed E-state index contributed by atoms with van der Waals surface area (Å²) >= 11 is 0. The Morgan fingerprint density at radius 2 is 1.86 bits per heavy atom. The van der Waals surface area contributed by atoms with Crippen molar-refractivity contribution in [3.8, 4) is 0 Å². The van der Waals surface area contributed by atoms with E-state index in [9.17, 15) is 4.79 Å². The number of nitrogens with one attached hydrogen (secondary N) is 1. The molecule has 4 nitrogen and oxygen atoms in total. The van der Waals surface area contributed by atoms with Gasteiger partial charge in [-0.2, -0.15) is 0 Å². The molecule has 1 fully saturated rings. The minimum absolute atomic E-state index is 0.108. The molecule has 1 N–H and O–H groups in total. The third-order valence-electron chi connectivity index (χ3n) is 4.25. The Balaban J connectivity index is 1.93. The first kappa shape index (κ1) is 16.0. The van der Waals surface area contributed by atoms with Crippen molar-refractivity contribution < 1.29 is 4.79 Å². The molecule has 0 radical (unpaired) electrons. The fraction of sp³-hybridized carbons (Fsp3) is 0.588. The third-order valence-corrected chi connectivity index (χ3v) is 4.25. The van der Waals surface area contributed by atoms with E-state index in [1.807, 2.05) is 30.1 Å². The molecule has 1 aromatic carbocycles. The maximum atomic E-state index is 12.5. The fourth-order valence-electron chi connectivity index (χ4n) is 3.04. The summed E-state index contributed by atoms with van der Waals surface area (Å²) in [6, 6.07) is 11.2. The standard InChI is InChI=1S/C17H27N3O/c1-13-10-20(11-14(2)18-13)12-17(21)19(4)15(3)16-8-6-5-7-9-16/h5-9,13-15,18H,10-12H2,1-4H3. The van der Waals surface area contributed by atoms with Gasteiger partial charge in [-0.15, -0.1) is 0 Å². The molecule has 1 amide bonds. The van der Waals surface area contributed by atoms with E-state index in [0.717, 1.165) is 13.1 Å². The smallest absolute Gasteiger partial charge is 0.236 e. The number of amides is 1. The first-order valence-electron chi connectivity index (χ1n) is 7.76. The largest absolute Gasteiger partial charge is 0.338 e. The maximum absolute atomic E-state index is 12.5. The van der Waals surface area contributed by atoms with Crippen LogP contribution in [0.3, 0.4) is 0 Å². The van der Waals surface area contributed by atoms with Gasteiger partial charge in [0.2, 0.25) is 5.91 Å². The lowest BCUT2D eigenvalue weighted by Gasteiger charge is -2.37. The summed E-state index contributed by atoms with van der Waals surface area (Å²) < 4.78 is 0. The van der Waals surface area contributed by atoms with Crippen LogP contribution in [0.5, 0.6) is 0 Å². The Kier molecular flexibility index (Phi) is 5.37. The molecule has 1 aromatic rings. The van der Waals surface area contributed by atoms with Crippen LogP contribution in [-0.4, -0.2) is 54.5 Å². The van der Waals surface area contributed by atoms with Crippen molar-refractivity contribution in [3.05, 3.63) is 35.9 Å². The van der Waals surface area contributed by atoms with Gasteiger partial charge in [-0.3, -0.25) is 9.69 Å². The van der Waals surface area contributed by atoms with E-state index in [1.165, 1.54) is 5.56 Å². The SMILES string of the molecule is CC1CN(CC(=O)N(C)C(C)c2ccccc2)CC(C)N1. The zero-order valence-corrected chi connectivity index (χ0v) is 13.5. The Morgan fingerprint density at radius 1 is 1.29 bits per heavy atom. The van der Waals surface area contributed by atoms with Crippen molar-refractivity contribution in [1.82, 2.24) is 15.1 Å². The number of hydrogen-bond donors (Lipinski definition) is 1. The lowest BCUT2D eigenvalue weighted by molar-refractivity contribution is -0.133. The van der Waals surface area contributed by atoms with Gasteiger partial charge in [0.25, 0.3) is 0 Å². The zero-order valence-electron chi connectivity index (χ0n) is 13.5. The van der Waals surface area contributed by atoms with Gasteiger partial charge in [0.1, 0.15) is 0 Å². The topological polar surface area (TPSA) is 35.6 Å². The number of carbonyl (C=O) groups is 1. The van der Waals surface area contributed by atoms with E-state index in [0.29, 0.717) is 18.6 Å². The number of carbonyl (C=O) groups excluding carboxylic acids is 1. The highest BCUT2D eigenvalue weighted by molar-refractivity contribution is 5.78. The summed E-state index contributed by atoms with van der Waals surface area (Å²) in [5.41, 5.74) is 1.18. The Hall–Kier alpha value is -1.39. The molecule has 2 rings (SSSR count). The second-order valence-electron chi connectivity index (χ2n) is 6.25. The van der Waals surface area contributed by atoms with E-state index >= 15 is 0 Å². The number of benzene rings is 1. The number of likely N-dealkylation sites (N-methyl/N-ethyl adjacent to an activating group) is 1. The average Bonchev–Trinajstić information content (AvgIpc) is 2.45. The molecule has 1 heterocycles. The van der Waals surface area contributed by atoms with Crippen molar-refractivity contribution in [2.75, 3.05) is 26.7 Å². The Morgan fingerprint density at radius 3 is 2.43 bits per heavy atom. The molecule has 0 saturated carbocycles. The van der Waals surface area contributed by atoms with E-state index in [1.54, 1.807) is 0 Å². The van der Waals surface area contributed by atoms with Crippen LogP contribution in [0.1, 0.15) is 32.4 Å². The molecule has 4 heteroatoms. The van der Waals surface area contributed by atoms with Crippen LogP contribution in [0.25, 0.3) is 0 Å². The first-order valence-corrected chi connectivity index (χ1v) is 7.76. The van der Waals surface area contributed by atoms with E-state index in [2.05, 4.69) is 43.1 Å². The summed E-state index contributed by atoms with van der Waals surface area (Å²) in [4.78, 5) is 16.6. The summed E-state index contributed by atoms with van der Waals surface area (Å²) in [5.74, 6) is 0.188. The van der Waals surface area contributed by atoms with Crippen LogP contribution in [0.4, 0.5) is 0 Å². The van der Waals surface area contributed by atoms with Gasteiger partial charge in [0.15, 0.2) is 0 Å². The minimum atomic E-state index is 0.108. The first-order chi connectivity index (χ1) is 9.97. The van der Waals surface area contributed by atoms with E-state index in [-0.39, 0.29) is 11.9 Å². The molecule has 1 saturated heterocycles. The molecule has 116 valence electrons. The monoisotopic (exact) mass is 289 g/mol. The molecule has 1 aliphatic rings. The number of nitrogens with zero attached hydrogens (tertiary/aromatic N) is 2. The molecule has 3 unspecified atom stereocenters. The molecule has 0 aliphatic carbocycles. The lowest BCUT2D eigenvalue weighted by atomic mass is 10.1. The molecular weight excluding hydrogens is 262 g/mol. The van der Waals surface area contributed by atoms with Crippen molar-refractivity contribution in [2.45, 2.75) is 38.9 Å². The summed E-state index contributed by atoms with van der Waals surface area (Å²) in [5, 5.41) is 3.49.